The van der Waals surface area contributed by atoms with Gasteiger partial charge in [0.25, 0.3) is 5.91 Å². The van der Waals surface area contributed by atoms with Gasteiger partial charge in [-0.05, 0) is 90.8 Å². The molecule has 0 bridgehead atoms. The molecule has 2 fully saturated rings. The van der Waals surface area contributed by atoms with E-state index in [2.05, 4.69) is 36.6 Å². The van der Waals surface area contributed by atoms with Gasteiger partial charge in [-0.1, -0.05) is 30.3 Å². The number of hydrogen-bond acceptors (Lipinski definition) is 8. The number of aromatic amines is 1. The number of rotatable bonds is 9. The average molecular weight is 624 g/mol. The van der Waals surface area contributed by atoms with Crippen molar-refractivity contribution in [2.45, 2.75) is 25.0 Å². The molecule has 0 saturated carbocycles. The predicted octanol–water partition coefficient (Wildman–Crippen LogP) is 5.21. The number of anilines is 1. The van der Waals surface area contributed by atoms with Crippen molar-refractivity contribution in [3.8, 4) is 45.1 Å². The molecule has 2 saturated heterocycles. The number of halogens is 2. The third kappa shape index (κ3) is 6.44. The Morgan fingerprint density at radius 2 is 1.39 bits per heavy atom. The summed E-state index contributed by atoms with van der Waals surface area (Å²) in [4.78, 5) is 13.6. The molecule has 234 valence electrons. The largest absolute Gasteiger partial charge is 0.488 e. The van der Waals surface area contributed by atoms with Crippen LogP contribution in [0.2, 0.25) is 0 Å². The van der Waals surface area contributed by atoms with Crippen LogP contribution in [0.5, 0.6) is 11.5 Å². The zero-order valence-corrected chi connectivity index (χ0v) is 24.7. The molecule has 2 atom stereocenters. The third-order valence-electron chi connectivity index (χ3n) is 8.13. The van der Waals surface area contributed by atoms with E-state index in [1.807, 2.05) is 36.4 Å². The Labute approximate surface area is 263 Å². The Bertz CT molecular complexity index is 1840. The molecule has 5 aromatic rings. The number of nitrogens with zero attached hydrogens (tertiary/aromatic N) is 3. The molecule has 4 N–H and O–H groups in total. The van der Waals surface area contributed by atoms with Crippen LogP contribution in [0.3, 0.4) is 0 Å². The summed E-state index contributed by atoms with van der Waals surface area (Å²) in [7, 11) is 0. The summed E-state index contributed by atoms with van der Waals surface area (Å²) in [6.45, 7) is 3.16. The molecule has 2 aliphatic heterocycles. The first-order valence-corrected chi connectivity index (χ1v) is 15.1. The fraction of sp³-hybridized carbons (Fsp3) is 0.235. The van der Waals surface area contributed by atoms with E-state index in [1.54, 1.807) is 24.3 Å². The molecule has 0 aliphatic carbocycles. The zero-order valence-electron chi connectivity index (χ0n) is 24.7. The van der Waals surface area contributed by atoms with Crippen molar-refractivity contribution in [3.05, 3.63) is 96.1 Å². The number of tetrazole rings is 1. The van der Waals surface area contributed by atoms with E-state index in [4.69, 9.17) is 9.47 Å². The van der Waals surface area contributed by atoms with Crippen molar-refractivity contribution in [3.63, 3.8) is 0 Å². The second-order valence-corrected chi connectivity index (χ2v) is 11.3. The Kier molecular flexibility index (Phi) is 8.36. The quantitative estimate of drug-likeness (QED) is 0.176. The second-order valence-electron chi connectivity index (χ2n) is 11.3. The second kappa shape index (κ2) is 13.0. The van der Waals surface area contributed by atoms with Crippen LogP contribution < -0.4 is 25.4 Å². The van der Waals surface area contributed by atoms with Crippen molar-refractivity contribution in [2.75, 3.05) is 31.5 Å². The first kappa shape index (κ1) is 29.5. The molecule has 46 heavy (non-hydrogen) atoms. The molecule has 0 radical (unpaired) electrons. The van der Waals surface area contributed by atoms with Gasteiger partial charge in [-0.25, -0.2) is 8.78 Å². The topological polar surface area (TPSA) is 126 Å². The number of ether oxygens (including phenoxy) is 2. The lowest BCUT2D eigenvalue weighted by Crippen LogP contribution is -2.20. The Hall–Kier alpha value is -5.20. The van der Waals surface area contributed by atoms with Crippen LogP contribution in [0.25, 0.3) is 33.6 Å². The number of aromatic nitrogens is 4. The summed E-state index contributed by atoms with van der Waals surface area (Å²) in [5, 5.41) is 23.7. The van der Waals surface area contributed by atoms with E-state index >= 15 is 0 Å². The Balaban J connectivity index is 1.18. The van der Waals surface area contributed by atoms with Crippen LogP contribution in [-0.2, 0) is 0 Å². The minimum absolute atomic E-state index is 0.0354. The van der Waals surface area contributed by atoms with Crippen LogP contribution in [-0.4, -0.2) is 64.9 Å². The Morgan fingerprint density at radius 3 is 2.02 bits per heavy atom. The number of carbonyl (C=O) groups excluding carboxylic acids is 1. The van der Waals surface area contributed by atoms with Gasteiger partial charge in [0.05, 0.1) is 0 Å². The van der Waals surface area contributed by atoms with E-state index in [0.717, 1.165) is 61.3 Å². The third-order valence-corrected chi connectivity index (χ3v) is 8.13. The van der Waals surface area contributed by atoms with Crippen LogP contribution in [0.15, 0.2) is 78.9 Å². The van der Waals surface area contributed by atoms with Gasteiger partial charge in [-0.15, -0.1) is 10.2 Å². The number of nitrogens with one attached hydrogen (secondary N) is 4. The predicted molar refractivity (Wildman–Crippen MR) is 169 cm³/mol. The van der Waals surface area contributed by atoms with E-state index in [9.17, 15) is 13.6 Å². The van der Waals surface area contributed by atoms with Crippen molar-refractivity contribution in [2.24, 2.45) is 0 Å². The lowest BCUT2D eigenvalue weighted by atomic mass is 10.0. The summed E-state index contributed by atoms with van der Waals surface area (Å²) in [6, 6.07) is 21.9. The highest BCUT2D eigenvalue weighted by Gasteiger charge is 2.22. The highest BCUT2D eigenvalue weighted by atomic mass is 19.2. The van der Waals surface area contributed by atoms with E-state index < -0.39 is 11.6 Å². The number of H-pyrrole nitrogens is 1. The van der Waals surface area contributed by atoms with Gasteiger partial charge >= 0.3 is 0 Å². The van der Waals surface area contributed by atoms with Crippen molar-refractivity contribution < 1.29 is 23.0 Å². The van der Waals surface area contributed by atoms with Crippen molar-refractivity contribution in [1.29, 1.82) is 0 Å². The number of benzene rings is 4. The molecule has 12 heteroatoms. The molecular formula is C34H31F2N7O3. The molecule has 1 amide bonds. The van der Waals surface area contributed by atoms with E-state index in [-0.39, 0.29) is 18.1 Å². The van der Waals surface area contributed by atoms with Gasteiger partial charge < -0.3 is 25.4 Å². The average Bonchev–Trinajstić information content (AvgIpc) is 3.89. The molecule has 0 unspecified atom stereocenters. The lowest BCUT2D eigenvalue weighted by molar-refractivity contribution is 0.102. The van der Waals surface area contributed by atoms with Gasteiger partial charge in [0.1, 0.15) is 23.7 Å². The van der Waals surface area contributed by atoms with Crippen LogP contribution in [0.4, 0.5) is 14.5 Å². The van der Waals surface area contributed by atoms with Gasteiger partial charge in [0.15, 0.2) is 11.6 Å². The summed E-state index contributed by atoms with van der Waals surface area (Å²) in [6.07, 6.45) is 1.68. The van der Waals surface area contributed by atoms with Crippen molar-refractivity contribution in [1.82, 2.24) is 31.3 Å². The van der Waals surface area contributed by atoms with Crippen LogP contribution in [0, 0.1) is 11.6 Å². The molecule has 1 aromatic heterocycles. The van der Waals surface area contributed by atoms with Gasteiger partial charge in [0, 0.05) is 41.0 Å². The summed E-state index contributed by atoms with van der Waals surface area (Å²) in [5.41, 5.74) is 4.29. The number of amides is 1. The highest BCUT2D eigenvalue weighted by molar-refractivity contribution is 6.05. The minimum Gasteiger partial charge on any atom is -0.488 e. The zero-order chi connectivity index (χ0) is 31.5. The molecule has 10 nitrogen and oxygen atoms in total. The molecule has 7 rings (SSSR count). The summed E-state index contributed by atoms with van der Waals surface area (Å²) >= 11 is 0. The maximum Gasteiger partial charge on any atom is 0.255 e. The van der Waals surface area contributed by atoms with Gasteiger partial charge in [-0.2, -0.15) is 5.21 Å². The highest BCUT2D eigenvalue weighted by Crippen LogP contribution is 2.36. The van der Waals surface area contributed by atoms with E-state index in [1.165, 1.54) is 6.07 Å². The summed E-state index contributed by atoms with van der Waals surface area (Å²) in [5.74, 6) is -0.621. The van der Waals surface area contributed by atoms with Gasteiger partial charge in [-0.3, -0.25) is 4.79 Å². The van der Waals surface area contributed by atoms with Crippen LogP contribution >= 0.6 is 0 Å². The number of carbonyl (C=O) groups is 1. The summed E-state index contributed by atoms with van der Waals surface area (Å²) < 4.78 is 40.6. The Morgan fingerprint density at radius 1 is 0.739 bits per heavy atom. The lowest BCUT2D eigenvalue weighted by Gasteiger charge is -2.19. The monoisotopic (exact) mass is 623 g/mol. The normalized spacial score (nSPS) is 17.6. The molecule has 4 aromatic carbocycles. The SMILES string of the molecule is O=C(Nc1ccc(O[C@H]2CCNC2)c(-c2ccc(-c3nn[nH]n3)cc2)c1)c1ccc(O[C@H]2CCNC2)c(-c2ccc(F)c(F)c2)c1. The minimum atomic E-state index is -0.977. The first-order valence-electron chi connectivity index (χ1n) is 15.1. The van der Waals surface area contributed by atoms with Crippen molar-refractivity contribution >= 4 is 11.6 Å². The maximum absolute atomic E-state index is 14.3. The fourth-order valence-corrected chi connectivity index (χ4v) is 5.70. The first-order chi connectivity index (χ1) is 22.5. The molecule has 3 heterocycles. The molecule has 2 aliphatic rings. The standard InChI is InChI=1S/C34H31F2N7O3/c35-29-8-5-22(16-30(29)36)27-15-23(6-9-31(27)45-25-11-13-37-18-25)34(44)39-24-7-10-32(46-26-12-14-38-19-26)28(17-24)20-1-3-21(4-2-20)33-40-42-43-41-33/h1-10,15-17,25-26,37-38H,11-14,18-19H2,(H,39,44)(H,40,41,42,43)/t25-,26-/m0/s1. The smallest absolute Gasteiger partial charge is 0.255 e. The van der Waals surface area contributed by atoms with Crippen LogP contribution in [0.1, 0.15) is 23.2 Å². The fourth-order valence-electron chi connectivity index (χ4n) is 5.70. The van der Waals surface area contributed by atoms with E-state index in [0.29, 0.717) is 46.2 Å². The molecular weight excluding hydrogens is 592 g/mol. The number of hydrogen-bond donors (Lipinski definition) is 4. The van der Waals surface area contributed by atoms with Gasteiger partial charge in [0.2, 0.25) is 5.82 Å². The molecule has 0 spiro atoms. The maximum atomic E-state index is 14.3.